The molecule has 20 heavy (non-hydrogen) atoms. The normalized spacial score (nSPS) is 23.1. The van der Waals surface area contributed by atoms with Gasteiger partial charge in [0.1, 0.15) is 5.69 Å². The molecule has 2 N–H and O–H groups in total. The topological polar surface area (TPSA) is 73.4 Å². The van der Waals surface area contributed by atoms with Crippen molar-refractivity contribution in [2.45, 2.75) is 12.6 Å². The fraction of sp³-hybridized carbons (Fsp3) is 0.455. The van der Waals surface area contributed by atoms with E-state index in [1.54, 1.807) is 0 Å². The number of alkyl halides is 3. The molecule has 1 aromatic rings. The molecule has 1 aromatic heterocycles. The van der Waals surface area contributed by atoms with Crippen molar-refractivity contribution in [3.05, 3.63) is 22.4 Å². The number of nitrogens with zero attached hydrogens (tertiary/aromatic N) is 1. The molecule has 0 aromatic carbocycles. The van der Waals surface area contributed by atoms with Gasteiger partial charge < -0.3 is 15.0 Å². The number of nitrogens with one attached hydrogen (secondary N) is 1. The first-order valence-corrected chi connectivity index (χ1v) is 6.40. The number of hydrogen-bond acceptors (Lipinski definition) is 2. The highest BCUT2D eigenvalue weighted by Gasteiger charge is 2.64. The number of likely N-dealkylation sites (tertiary alicyclic amines) is 1. The van der Waals surface area contributed by atoms with Gasteiger partial charge in [-0.15, -0.1) is 0 Å². The lowest BCUT2D eigenvalue weighted by molar-refractivity contribution is -0.227. The van der Waals surface area contributed by atoms with Crippen LogP contribution in [0.4, 0.5) is 13.2 Å². The summed E-state index contributed by atoms with van der Waals surface area (Å²) < 4.78 is 39.5. The van der Waals surface area contributed by atoms with E-state index >= 15 is 0 Å². The molecule has 0 aliphatic carbocycles. The fourth-order valence-corrected chi connectivity index (χ4v) is 2.52. The Morgan fingerprint density at radius 2 is 2.10 bits per heavy atom. The van der Waals surface area contributed by atoms with Crippen molar-refractivity contribution in [3.63, 3.8) is 0 Å². The van der Waals surface area contributed by atoms with Crippen molar-refractivity contribution in [2.24, 2.45) is 5.41 Å². The highest BCUT2D eigenvalue weighted by molar-refractivity contribution is 9.10. The van der Waals surface area contributed by atoms with E-state index in [4.69, 9.17) is 5.11 Å². The molecule has 1 aliphatic heterocycles. The summed E-state index contributed by atoms with van der Waals surface area (Å²) in [5.41, 5.74) is -2.77. The SMILES string of the molecule is O=C(c1cc(Br)c[nH]1)N1CCC(C(=O)O)(C(F)(F)F)C1. The molecule has 1 unspecified atom stereocenters. The number of aromatic nitrogens is 1. The van der Waals surface area contributed by atoms with Crippen LogP contribution in [0, 0.1) is 5.41 Å². The first kappa shape index (κ1) is 14.9. The quantitative estimate of drug-likeness (QED) is 0.855. The predicted octanol–water partition coefficient (Wildman–Crippen LogP) is 2.26. The number of hydrogen-bond donors (Lipinski definition) is 2. The zero-order chi connectivity index (χ0) is 15.1. The minimum absolute atomic E-state index is 0.111. The number of carboxylic acid groups (broad SMARTS) is 1. The maximum atomic E-state index is 13.0. The summed E-state index contributed by atoms with van der Waals surface area (Å²) >= 11 is 3.11. The third kappa shape index (κ3) is 2.30. The number of rotatable bonds is 2. The zero-order valence-electron chi connectivity index (χ0n) is 10.00. The monoisotopic (exact) mass is 354 g/mol. The van der Waals surface area contributed by atoms with Crippen LogP contribution in [-0.2, 0) is 4.79 Å². The molecule has 1 atom stereocenters. The maximum absolute atomic E-state index is 13.0. The van der Waals surface area contributed by atoms with Gasteiger partial charge in [0.15, 0.2) is 5.41 Å². The number of H-pyrrole nitrogens is 1. The van der Waals surface area contributed by atoms with Gasteiger partial charge in [-0.1, -0.05) is 0 Å². The summed E-state index contributed by atoms with van der Waals surface area (Å²) in [6.45, 7) is -1.12. The minimum Gasteiger partial charge on any atom is -0.481 e. The second kappa shape index (κ2) is 4.80. The Kier molecular flexibility index (Phi) is 3.57. The Morgan fingerprint density at radius 3 is 2.50 bits per heavy atom. The summed E-state index contributed by atoms with van der Waals surface area (Å²) in [6, 6.07) is 1.43. The number of carboxylic acids is 1. The molecule has 2 rings (SSSR count). The van der Waals surface area contributed by atoms with Crippen LogP contribution < -0.4 is 0 Å². The van der Waals surface area contributed by atoms with Crippen LogP contribution in [0.2, 0.25) is 0 Å². The van der Waals surface area contributed by atoms with Crippen LogP contribution in [0.1, 0.15) is 16.9 Å². The number of carbonyl (C=O) groups is 2. The highest BCUT2D eigenvalue weighted by atomic mass is 79.9. The highest BCUT2D eigenvalue weighted by Crippen LogP contribution is 2.45. The fourth-order valence-electron chi connectivity index (χ4n) is 2.17. The van der Waals surface area contributed by atoms with Gasteiger partial charge in [-0.2, -0.15) is 13.2 Å². The van der Waals surface area contributed by atoms with E-state index in [1.165, 1.54) is 12.3 Å². The van der Waals surface area contributed by atoms with E-state index in [9.17, 15) is 22.8 Å². The smallest absolute Gasteiger partial charge is 0.406 e. The molecule has 9 heteroatoms. The molecule has 2 heterocycles. The number of aliphatic carboxylic acids is 1. The number of aromatic amines is 1. The van der Waals surface area contributed by atoms with Crippen molar-refractivity contribution < 1.29 is 27.9 Å². The average molecular weight is 355 g/mol. The molecule has 1 aliphatic rings. The molecule has 0 saturated carbocycles. The molecular weight excluding hydrogens is 345 g/mol. The lowest BCUT2D eigenvalue weighted by Gasteiger charge is -2.27. The molecule has 0 spiro atoms. The van der Waals surface area contributed by atoms with E-state index in [-0.39, 0.29) is 12.2 Å². The molecule has 0 radical (unpaired) electrons. The summed E-state index contributed by atoms with van der Waals surface area (Å²) in [7, 11) is 0. The average Bonchev–Trinajstić information content (AvgIpc) is 2.93. The largest absolute Gasteiger partial charge is 0.481 e. The zero-order valence-corrected chi connectivity index (χ0v) is 11.6. The van der Waals surface area contributed by atoms with Crippen LogP contribution in [0.15, 0.2) is 16.7 Å². The lowest BCUT2D eigenvalue weighted by Crippen LogP contribution is -2.47. The van der Waals surface area contributed by atoms with Gasteiger partial charge in [-0.05, 0) is 28.4 Å². The molecule has 0 bridgehead atoms. The van der Waals surface area contributed by atoms with E-state index in [1.807, 2.05) is 0 Å². The predicted molar refractivity (Wildman–Crippen MR) is 65.1 cm³/mol. The third-order valence-corrected chi connectivity index (χ3v) is 3.84. The van der Waals surface area contributed by atoms with Gasteiger partial charge in [-0.25, -0.2) is 0 Å². The Hall–Kier alpha value is -1.51. The van der Waals surface area contributed by atoms with Gasteiger partial charge in [0, 0.05) is 23.8 Å². The lowest BCUT2D eigenvalue weighted by atomic mass is 9.86. The van der Waals surface area contributed by atoms with Crippen molar-refractivity contribution in [3.8, 4) is 0 Å². The van der Waals surface area contributed by atoms with Crippen LogP contribution in [-0.4, -0.2) is 46.1 Å². The van der Waals surface area contributed by atoms with E-state index in [0.29, 0.717) is 4.47 Å². The van der Waals surface area contributed by atoms with Crippen molar-refractivity contribution in [1.29, 1.82) is 0 Å². The molecule has 5 nitrogen and oxygen atoms in total. The molecule has 1 fully saturated rings. The van der Waals surface area contributed by atoms with Crippen LogP contribution in [0.25, 0.3) is 0 Å². The Morgan fingerprint density at radius 1 is 1.45 bits per heavy atom. The summed E-state index contributed by atoms with van der Waals surface area (Å²) in [4.78, 5) is 26.5. The van der Waals surface area contributed by atoms with Crippen LogP contribution >= 0.6 is 15.9 Å². The number of amides is 1. The van der Waals surface area contributed by atoms with Gasteiger partial charge >= 0.3 is 12.1 Å². The second-order valence-corrected chi connectivity index (χ2v) is 5.51. The van der Waals surface area contributed by atoms with Gasteiger partial charge in [0.05, 0.1) is 0 Å². The summed E-state index contributed by atoms with van der Waals surface area (Å²) in [6.07, 6.45) is -4.07. The van der Waals surface area contributed by atoms with Crippen LogP contribution in [0.3, 0.4) is 0 Å². The van der Waals surface area contributed by atoms with Gasteiger partial charge in [-0.3, -0.25) is 9.59 Å². The standard InChI is InChI=1S/C11H10BrF3N2O3/c12-6-3-7(16-4-6)8(18)17-2-1-10(5-17,9(19)20)11(13,14)15/h3-4,16H,1-2,5H2,(H,19,20). The minimum atomic E-state index is -4.90. The number of halogens is 4. The van der Waals surface area contributed by atoms with Crippen LogP contribution in [0.5, 0.6) is 0 Å². The Balaban J connectivity index is 2.23. The van der Waals surface area contributed by atoms with Crippen molar-refractivity contribution >= 4 is 27.8 Å². The van der Waals surface area contributed by atoms with Gasteiger partial charge in [0.2, 0.25) is 0 Å². The molecule has 1 saturated heterocycles. The van der Waals surface area contributed by atoms with Gasteiger partial charge in [0.25, 0.3) is 5.91 Å². The summed E-state index contributed by atoms with van der Waals surface area (Å²) in [5, 5.41) is 8.90. The molecular formula is C11H10BrF3N2O3. The Labute approximate surface area is 119 Å². The van der Waals surface area contributed by atoms with E-state index < -0.39 is 36.4 Å². The van der Waals surface area contributed by atoms with Crippen molar-refractivity contribution in [1.82, 2.24) is 9.88 Å². The first-order valence-electron chi connectivity index (χ1n) is 5.61. The maximum Gasteiger partial charge on any atom is 0.406 e. The third-order valence-electron chi connectivity index (χ3n) is 3.39. The van der Waals surface area contributed by atoms with Crippen molar-refractivity contribution in [2.75, 3.05) is 13.1 Å². The Bertz CT molecular complexity index is 557. The second-order valence-electron chi connectivity index (χ2n) is 4.59. The summed E-state index contributed by atoms with van der Waals surface area (Å²) in [5.74, 6) is -2.60. The molecule has 1 amide bonds. The van der Waals surface area contributed by atoms with E-state index in [2.05, 4.69) is 20.9 Å². The van der Waals surface area contributed by atoms with E-state index in [0.717, 1.165) is 4.90 Å². The molecule has 110 valence electrons. The first-order chi connectivity index (χ1) is 9.17. The number of carbonyl (C=O) groups excluding carboxylic acids is 1.